The second-order valence-electron chi connectivity index (χ2n) is 6.18. The molecule has 1 aromatic carbocycles. The second kappa shape index (κ2) is 5.56. The number of oxazole rings is 1. The minimum absolute atomic E-state index is 0.446. The topological polar surface area (TPSA) is 84.3 Å². The van der Waals surface area contributed by atoms with Crippen molar-refractivity contribution in [1.29, 1.82) is 0 Å². The molecule has 1 aromatic heterocycles. The Balaban J connectivity index is 1.63. The fourth-order valence-corrected chi connectivity index (χ4v) is 3.06. The Kier molecular flexibility index (Phi) is 3.76. The van der Waals surface area contributed by atoms with E-state index in [-0.39, 0.29) is 0 Å². The van der Waals surface area contributed by atoms with Crippen LogP contribution in [0.5, 0.6) is 0 Å². The number of aliphatic hydroxyl groups is 1. The molecule has 0 spiro atoms. The molecule has 1 aliphatic rings. The molecular formula is C16H23N3O2. The van der Waals surface area contributed by atoms with Crippen LogP contribution in [0.25, 0.3) is 11.1 Å². The van der Waals surface area contributed by atoms with Gasteiger partial charge in [-0.05, 0) is 43.7 Å². The van der Waals surface area contributed by atoms with Crippen molar-refractivity contribution in [1.82, 2.24) is 4.98 Å². The largest absolute Gasteiger partial charge is 0.423 e. The molecule has 3 rings (SSSR count). The number of nitrogens with two attached hydrogens (primary N) is 1. The van der Waals surface area contributed by atoms with Gasteiger partial charge < -0.3 is 20.6 Å². The van der Waals surface area contributed by atoms with E-state index in [1.165, 1.54) is 6.42 Å². The summed E-state index contributed by atoms with van der Waals surface area (Å²) in [5, 5.41) is 13.7. The summed E-state index contributed by atoms with van der Waals surface area (Å²) in [5.74, 6) is 0.762. The number of rotatable bonds is 4. The second-order valence-corrected chi connectivity index (χ2v) is 6.18. The molecule has 0 atom stereocenters. The van der Waals surface area contributed by atoms with Crippen LogP contribution in [0.3, 0.4) is 0 Å². The Hall–Kier alpha value is -1.75. The van der Waals surface area contributed by atoms with Gasteiger partial charge in [0.1, 0.15) is 5.52 Å². The molecule has 1 fully saturated rings. The Morgan fingerprint density at radius 1 is 1.43 bits per heavy atom. The molecule has 2 aromatic rings. The van der Waals surface area contributed by atoms with Crippen molar-refractivity contribution in [3.8, 4) is 0 Å². The van der Waals surface area contributed by atoms with Crippen molar-refractivity contribution in [2.24, 2.45) is 5.92 Å². The van der Waals surface area contributed by atoms with Crippen molar-refractivity contribution in [2.45, 2.75) is 44.6 Å². The average Bonchev–Trinajstić information content (AvgIpc) is 2.88. The fraction of sp³-hybridized carbons (Fsp3) is 0.562. The summed E-state index contributed by atoms with van der Waals surface area (Å²) in [4.78, 5) is 4.36. The third-order valence-electron chi connectivity index (χ3n) is 4.59. The van der Waals surface area contributed by atoms with Crippen LogP contribution in [0, 0.1) is 5.92 Å². The molecule has 0 aliphatic heterocycles. The molecule has 0 unspecified atom stereocenters. The first kappa shape index (κ1) is 14.2. The first-order valence-corrected chi connectivity index (χ1v) is 7.70. The lowest BCUT2D eigenvalue weighted by molar-refractivity contribution is 0.00192. The van der Waals surface area contributed by atoms with Crippen LogP contribution in [0.1, 0.15) is 39.0 Å². The van der Waals surface area contributed by atoms with Gasteiger partial charge in [-0.3, -0.25) is 0 Å². The Bertz CT molecular complexity index is 615. The first-order valence-electron chi connectivity index (χ1n) is 7.70. The minimum atomic E-state index is -0.647. The van der Waals surface area contributed by atoms with Gasteiger partial charge in [-0.1, -0.05) is 13.3 Å². The summed E-state index contributed by atoms with van der Waals surface area (Å²) in [6, 6.07) is 5.84. The summed E-state index contributed by atoms with van der Waals surface area (Å²) >= 11 is 0. The van der Waals surface area contributed by atoms with E-state index in [2.05, 4.69) is 17.2 Å². The number of hydrogen-bond acceptors (Lipinski definition) is 5. The van der Waals surface area contributed by atoms with Crippen molar-refractivity contribution < 1.29 is 9.52 Å². The number of aromatic nitrogens is 1. The van der Waals surface area contributed by atoms with Gasteiger partial charge in [0.25, 0.3) is 6.01 Å². The van der Waals surface area contributed by atoms with Crippen LogP contribution in [0.2, 0.25) is 0 Å². The lowest BCUT2D eigenvalue weighted by Crippen LogP contribution is -2.40. The van der Waals surface area contributed by atoms with Gasteiger partial charge in [0.2, 0.25) is 0 Å². The quantitative estimate of drug-likeness (QED) is 0.753. The summed E-state index contributed by atoms with van der Waals surface area (Å²) in [5.41, 5.74) is 7.17. The maximum absolute atomic E-state index is 10.6. The molecule has 1 saturated carbocycles. The normalized spacial score (nSPS) is 26.1. The highest BCUT2D eigenvalue weighted by molar-refractivity contribution is 5.78. The summed E-state index contributed by atoms with van der Waals surface area (Å²) < 4.78 is 5.61. The highest BCUT2D eigenvalue weighted by Gasteiger charge is 2.32. The molecule has 114 valence electrons. The Morgan fingerprint density at radius 3 is 2.90 bits per heavy atom. The van der Waals surface area contributed by atoms with Gasteiger partial charge in [0, 0.05) is 18.3 Å². The number of nitrogens with one attached hydrogen (secondary N) is 1. The minimum Gasteiger partial charge on any atom is -0.423 e. The van der Waals surface area contributed by atoms with Crippen LogP contribution in [0.15, 0.2) is 22.6 Å². The van der Waals surface area contributed by atoms with Crippen LogP contribution < -0.4 is 11.1 Å². The van der Waals surface area contributed by atoms with Crippen LogP contribution in [0.4, 0.5) is 11.7 Å². The van der Waals surface area contributed by atoms with Crippen LogP contribution in [-0.2, 0) is 0 Å². The highest BCUT2D eigenvalue weighted by atomic mass is 16.4. The predicted molar refractivity (Wildman–Crippen MR) is 84.1 cm³/mol. The van der Waals surface area contributed by atoms with E-state index in [4.69, 9.17) is 10.2 Å². The molecule has 21 heavy (non-hydrogen) atoms. The van der Waals surface area contributed by atoms with E-state index in [9.17, 15) is 5.11 Å². The van der Waals surface area contributed by atoms with E-state index in [1.807, 2.05) is 6.07 Å². The third-order valence-corrected chi connectivity index (χ3v) is 4.59. The summed E-state index contributed by atoms with van der Waals surface area (Å²) in [6.45, 7) is 2.70. The maximum Gasteiger partial charge on any atom is 0.295 e. The zero-order valence-electron chi connectivity index (χ0n) is 12.4. The number of fused-ring (bicyclic) bond motifs is 1. The molecule has 1 heterocycles. The van der Waals surface area contributed by atoms with Crippen LogP contribution in [-0.4, -0.2) is 22.2 Å². The van der Waals surface area contributed by atoms with Crippen molar-refractivity contribution in [3.05, 3.63) is 18.2 Å². The highest BCUT2D eigenvalue weighted by Crippen LogP contribution is 2.34. The van der Waals surface area contributed by atoms with E-state index >= 15 is 0 Å². The number of hydrogen-bond donors (Lipinski definition) is 3. The van der Waals surface area contributed by atoms with Crippen molar-refractivity contribution in [3.63, 3.8) is 0 Å². The van der Waals surface area contributed by atoms with E-state index < -0.39 is 5.60 Å². The molecule has 4 N–H and O–H groups in total. The molecule has 5 heteroatoms. The Morgan fingerprint density at radius 2 is 2.19 bits per heavy atom. The number of anilines is 2. The van der Waals surface area contributed by atoms with Gasteiger partial charge in [0.05, 0.1) is 5.60 Å². The summed E-state index contributed by atoms with van der Waals surface area (Å²) in [6.07, 6.45) is 5.07. The van der Waals surface area contributed by atoms with Gasteiger partial charge in [0.15, 0.2) is 5.58 Å². The molecule has 1 aliphatic carbocycles. The number of nitrogens with zero attached hydrogens (tertiary/aromatic N) is 1. The summed E-state index contributed by atoms with van der Waals surface area (Å²) in [7, 11) is 0. The number of benzene rings is 1. The van der Waals surface area contributed by atoms with Gasteiger partial charge in [-0.2, -0.15) is 4.98 Å². The SMILES string of the molecule is CCC1CCC(O)(CNc2nc3ccc(N)cc3o2)CC1. The zero-order chi connectivity index (χ0) is 14.9. The fourth-order valence-electron chi connectivity index (χ4n) is 3.06. The van der Waals surface area contributed by atoms with Crippen molar-refractivity contribution in [2.75, 3.05) is 17.6 Å². The van der Waals surface area contributed by atoms with Gasteiger partial charge >= 0.3 is 0 Å². The van der Waals surface area contributed by atoms with Crippen LogP contribution >= 0.6 is 0 Å². The lowest BCUT2D eigenvalue weighted by atomic mass is 9.78. The van der Waals surface area contributed by atoms with Gasteiger partial charge in [-0.25, -0.2) is 0 Å². The standard InChI is InChI=1S/C16H23N3O2/c1-2-11-5-7-16(20,8-6-11)10-18-15-19-13-4-3-12(17)9-14(13)21-15/h3-4,9,11,20H,2,5-8,10,17H2,1H3,(H,18,19). The maximum atomic E-state index is 10.6. The van der Waals surface area contributed by atoms with E-state index in [1.54, 1.807) is 12.1 Å². The van der Waals surface area contributed by atoms with E-state index in [0.29, 0.717) is 23.8 Å². The molecule has 0 bridgehead atoms. The Labute approximate surface area is 124 Å². The molecule has 0 saturated heterocycles. The molecule has 0 radical (unpaired) electrons. The smallest absolute Gasteiger partial charge is 0.295 e. The predicted octanol–water partition coefficient (Wildman–Crippen LogP) is 3.15. The third kappa shape index (κ3) is 3.13. The van der Waals surface area contributed by atoms with E-state index in [0.717, 1.165) is 37.1 Å². The molecule has 5 nitrogen and oxygen atoms in total. The number of nitrogen functional groups attached to an aromatic ring is 1. The zero-order valence-corrected chi connectivity index (χ0v) is 12.4. The molecule has 0 amide bonds. The molecular weight excluding hydrogens is 266 g/mol. The monoisotopic (exact) mass is 289 g/mol. The van der Waals surface area contributed by atoms with Gasteiger partial charge in [-0.15, -0.1) is 0 Å². The van der Waals surface area contributed by atoms with Crippen molar-refractivity contribution >= 4 is 22.8 Å². The average molecular weight is 289 g/mol. The lowest BCUT2D eigenvalue weighted by Gasteiger charge is -2.35. The first-order chi connectivity index (χ1) is 10.1.